The third kappa shape index (κ3) is 2.88. The van der Waals surface area contributed by atoms with Gasteiger partial charge in [0.2, 0.25) is 0 Å². The Morgan fingerprint density at radius 1 is 0.400 bits per heavy atom. The fraction of sp³-hybridized carbons (Fsp3) is 0. The van der Waals surface area contributed by atoms with E-state index in [1.165, 1.54) is 21.9 Å². The molecule has 140 valence electrons. The first-order valence-electron chi connectivity index (χ1n) is 9.94. The maximum Gasteiger partial charge on any atom is 0.0892 e. The van der Waals surface area contributed by atoms with Crippen molar-refractivity contribution >= 4 is 32.7 Å². The van der Waals surface area contributed by atoms with Crippen molar-refractivity contribution in [3.63, 3.8) is 0 Å². The summed E-state index contributed by atoms with van der Waals surface area (Å²) in [6.45, 7) is 0. The van der Waals surface area contributed by atoms with E-state index in [-0.39, 0.29) is 0 Å². The van der Waals surface area contributed by atoms with Crippen molar-refractivity contribution in [2.75, 3.05) is 0 Å². The third-order valence-corrected chi connectivity index (χ3v) is 5.57. The summed E-state index contributed by atoms with van der Waals surface area (Å²) < 4.78 is 0. The van der Waals surface area contributed by atoms with E-state index in [2.05, 4.69) is 88.8 Å². The summed E-state index contributed by atoms with van der Waals surface area (Å²) in [5.74, 6) is 0. The molecule has 0 bridgehead atoms. The van der Waals surface area contributed by atoms with Crippen LogP contribution in [0.2, 0.25) is 0 Å². The average molecular weight is 383 g/mol. The number of pyridine rings is 1. The molecule has 0 fully saturated rings. The van der Waals surface area contributed by atoms with Gasteiger partial charge < -0.3 is 0 Å². The molecule has 0 spiro atoms. The summed E-state index contributed by atoms with van der Waals surface area (Å²) in [5.41, 5.74) is 7.33. The Morgan fingerprint density at radius 2 is 1.03 bits per heavy atom. The molecule has 2 aromatic heterocycles. The van der Waals surface area contributed by atoms with E-state index < -0.39 is 0 Å². The molecule has 0 atom stereocenters. The van der Waals surface area contributed by atoms with E-state index >= 15 is 0 Å². The van der Waals surface area contributed by atoms with Gasteiger partial charge in [-0.1, -0.05) is 54.6 Å². The highest BCUT2D eigenvalue weighted by molar-refractivity contribution is 5.91. The number of nitrogens with zero attached hydrogens (tertiary/aromatic N) is 3. The minimum atomic E-state index is 0.891. The van der Waals surface area contributed by atoms with Crippen LogP contribution in [-0.2, 0) is 0 Å². The molecule has 0 radical (unpaired) electrons. The molecule has 0 amide bonds. The molecule has 3 nitrogen and oxygen atoms in total. The average Bonchev–Trinajstić information content (AvgIpc) is 2.83. The van der Waals surface area contributed by atoms with Crippen molar-refractivity contribution in [2.24, 2.45) is 0 Å². The zero-order chi connectivity index (χ0) is 19.9. The van der Waals surface area contributed by atoms with Crippen LogP contribution in [0.25, 0.3) is 55.0 Å². The number of hydrogen-bond donors (Lipinski definition) is 0. The van der Waals surface area contributed by atoms with Crippen molar-refractivity contribution < 1.29 is 0 Å². The molecular formula is C27H17N3. The smallest absolute Gasteiger partial charge is 0.0892 e. The Balaban J connectivity index is 1.41. The van der Waals surface area contributed by atoms with E-state index in [1.807, 2.05) is 12.3 Å². The SMILES string of the molecule is c1ccc2cc(-c3ccc4cc(-c5ccc6nccnc6c5)cnc4c3)ccc2c1. The summed E-state index contributed by atoms with van der Waals surface area (Å²) in [4.78, 5) is 13.5. The lowest BCUT2D eigenvalue weighted by molar-refractivity contribution is 1.29. The zero-order valence-corrected chi connectivity index (χ0v) is 16.2. The fourth-order valence-corrected chi connectivity index (χ4v) is 3.97. The highest BCUT2D eigenvalue weighted by atomic mass is 14.8. The lowest BCUT2D eigenvalue weighted by Gasteiger charge is -2.08. The Labute approximate surface area is 173 Å². The molecule has 0 saturated heterocycles. The zero-order valence-electron chi connectivity index (χ0n) is 16.2. The number of rotatable bonds is 2. The molecule has 0 unspecified atom stereocenters. The number of aromatic nitrogens is 3. The monoisotopic (exact) mass is 383 g/mol. The maximum atomic E-state index is 4.75. The Morgan fingerprint density at radius 3 is 1.93 bits per heavy atom. The van der Waals surface area contributed by atoms with Gasteiger partial charge in [0.25, 0.3) is 0 Å². The van der Waals surface area contributed by atoms with Crippen molar-refractivity contribution in [1.82, 2.24) is 15.0 Å². The molecule has 0 aliphatic rings. The number of fused-ring (bicyclic) bond motifs is 3. The molecule has 30 heavy (non-hydrogen) atoms. The van der Waals surface area contributed by atoms with Gasteiger partial charge in [0.1, 0.15) is 0 Å². The maximum absolute atomic E-state index is 4.75. The van der Waals surface area contributed by atoms with E-state index in [4.69, 9.17) is 4.98 Å². The summed E-state index contributed by atoms with van der Waals surface area (Å²) in [5, 5.41) is 3.62. The summed E-state index contributed by atoms with van der Waals surface area (Å²) in [6.07, 6.45) is 5.37. The van der Waals surface area contributed by atoms with Crippen molar-refractivity contribution in [2.45, 2.75) is 0 Å². The Bertz CT molecular complexity index is 1430. The minimum Gasteiger partial charge on any atom is -0.256 e. The van der Waals surface area contributed by atoms with Gasteiger partial charge in [-0.2, -0.15) is 0 Å². The summed E-state index contributed by atoms with van der Waals surface area (Å²) in [6, 6.07) is 29.8. The first-order valence-corrected chi connectivity index (χ1v) is 9.94. The third-order valence-electron chi connectivity index (χ3n) is 5.57. The highest BCUT2D eigenvalue weighted by Crippen LogP contribution is 2.29. The van der Waals surface area contributed by atoms with E-state index in [0.717, 1.165) is 33.1 Å². The van der Waals surface area contributed by atoms with Gasteiger partial charge in [-0.05, 0) is 57.8 Å². The largest absolute Gasteiger partial charge is 0.256 e. The second-order valence-electron chi connectivity index (χ2n) is 7.45. The predicted octanol–water partition coefficient (Wildman–Crippen LogP) is 6.67. The first kappa shape index (κ1) is 16.8. The van der Waals surface area contributed by atoms with Gasteiger partial charge in [0.15, 0.2) is 0 Å². The molecule has 2 heterocycles. The second-order valence-corrected chi connectivity index (χ2v) is 7.45. The summed E-state index contributed by atoms with van der Waals surface area (Å²) >= 11 is 0. The lowest BCUT2D eigenvalue weighted by Crippen LogP contribution is -1.87. The molecule has 6 aromatic rings. The number of hydrogen-bond acceptors (Lipinski definition) is 3. The van der Waals surface area contributed by atoms with Crippen molar-refractivity contribution in [1.29, 1.82) is 0 Å². The van der Waals surface area contributed by atoms with Crippen LogP contribution < -0.4 is 0 Å². The van der Waals surface area contributed by atoms with Gasteiger partial charge in [-0.15, -0.1) is 0 Å². The predicted molar refractivity (Wildman–Crippen MR) is 123 cm³/mol. The molecule has 0 aliphatic heterocycles. The Kier molecular flexibility index (Phi) is 3.78. The van der Waals surface area contributed by atoms with Gasteiger partial charge in [0.05, 0.1) is 16.6 Å². The van der Waals surface area contributed by atoms with Crippen LogP contribution in [0.4, 0.5) is 0 Å². The van der Waals surface area contributed by atoms with Crippen LogP contribution in [0.15, 0.2) is 104 Å². The number of benzene rings is 4. The van der Waals surface area contributed by atoms with Crippen LogP contribution in [0.5, 0.6) is 0 Å². The van der Waals surface area contributed by atoms with Crippen LogP contribution in [-0.4, -0.2) is 15.0 Å². The first-order chi connectivity index (χ1) is 14.8. The molecule has 0 aliphatic carbocycles. The second kappa shape index (κ2) is 6.75. The van der Waals surface area contributed by atoms with Gasteiger partial charge in [-0.25, -0.2) is 0 Å². The van der Waals surface area contributed by atoms with Crippen LogP contribution in [0, 0.1) is 0 Å². The quantitative estimate of drug-likeness (QED) is 0.335. The minimum absolute atomic E-state index is 0.891. The van der Waals surface area contributed by atoms with Gasteiger partial charge >= 0.3 is 0 Å². The highest BCUT2D eigenvalue weighted by Gasteiger charge is 2.06. The van der Waals surface area contributed by atoms with Gasteiger partial charge in [-0.3, -0.25) is 15.0 Å². The Hall–Kier alpha value is -4.11. The topological polar surface area (TPSA) is 38.7 Å². The standard InChI is InChI=1S/C27H17N3/c1-2-4-19-13-20(6-5-18(19)3-1)21-7-8-23-14-24(17-30-26(23)15-21)22-9-10-25-27(16-22)29-12-11-28-25/h1-17H. The van der Waals surface area contributed by atoms with E-state index in [0.29, 0.717) is 0 Å². The molecule has 3 heteroatoms. The summed E-state index contributed by atoms with van der Waals surface area (Å²) in [7, 11) is 0. The van der Waals surface area contributed by atoms with Crippen LogP contribution >= 0.6 is 0 Å². The fourth-order valence-electron chi connectivity index (χ4n) is 3.97. The normalized spacial score (nSPS) is 11.3. The van der Waals surface area contributed by atoms with E-state index in [1.54, 1.807) is 12.4 Å². The van der Waals surface area contributed by atoms with Gasteiger partial charge in [0, 0.05) is 29.5 Å². The van der Waals surface area contributed by atoms with Crippen LogP contribution in [0.3, 0.4) is 0 Å². The molecule has 0 N–H and O–H groups in total. The van der Waals surface area contributed by atoms with Crippen molar-refractivity contribution in [3.8, 4) is 22.3 Å². The van der Waals surface area contributed by atoms with E-state index in [9.17, 15) is 0 Å². The van der Waals surface area contributed by atoms with Crippen LogP contribution in [0.1, 0.15) is 0 Å². The molecule has 6 rings (SSSR count). The molecule has 4 aromatic carbocycles. The molecular weight excluding hydrogens is 366 g/mol. The molecule has 0 saturated carbocycles. The lowest BCUT2D eigenvalue weighted by atomic mass is 9.99. The van der Waals surface area contributed by atoms with Crippen molar-refractivity contribution in [3.05, 3.63) is 104 Å².